The van der Waals surface area contributed by atoms with E-state index in [1.54, 1.807) is 11.3 Å². The van der Waals surface area contributed by atoms with E-state index in [1.807, 2.05) is 12.1 Å². The predicted molar refractivity (Wildman–Crippen MR) is 120 cm³/mol. The van der Waals surface area contributed by atoms with Gasteiger partial charge in [0.05, 0.1) is 18.3 Å². The molecular weight excluding hydrogens is 398 g/mol. The summed E-state index contributed by atoms with van der Waals surface area (Å²) in [4.78, 5) is 31.6. The topological polar surface area (TPSA) is 73.2 Å². The Balaban J connectivity index is 1.30. The second-order valence-corrected chi connectivity index (χ2v) is 9.77. The summed E-state index contributed by atoms with van der Waals surface area (Å²) in [7, 11) is 0. The minimum absolute atomic E-state index is 0.0350. The number of hydrogen-bond donors (Lipinski definition) is 1. The zero-order chi connectivity index (χ0) is 21.3. The number of benzene rings is 1. The van der Waals surface area contributed by atoms with Crippen LogP contribution in [0.1, 0.15) is 43.2 Å². The van der Waals surface area contributed by atoms with Gasteiger partial charge in [-0.1, -0.05) is 32.9 Å². The molecule has 1 aliphatic carbocycles. The van der Waals surface area contributed by atoms with Gasteiger partial charge < -0.3 is 10.1 Å². The molecule has 1 aliphatic rings. The SMILES string of the molecule is CC(C)(C)c1ccc(OCCNC(=O)Cn2cnc3sc4c(c3c2=O)CCC4)cc1. The van der Waals surface area contributed by atoms with Crippen molar-refractivity contribution < 1.29 is 9.53 Å². The molecule has 2 aromatic heterocycles. The molecule has 0 fully saturated rings. The van der Waals surface area contributed by atoms with Gasteiger partial charge in [-0.25, -0.2) is 4.98 Å². The highest BCUT2D eigenvalue weighted by Crippen LogP contribution is 2.34. The first-order valence-corrected chi connectivity index (χ1v) is 11.1. The molecule has 0 bridgehead atoms. The Hall–Kier alpha value is -2.67. The lowest BCUT2D eigenvalue weighted by molar-refractivity contribution is -0.121. The van der Waals surface area contributed by atoms with Gasteiger partial charge in [0.2, 0.25) is 5.91 Å². The highest BCUT2D eigenvalue weighted by atomic mass is 32.1. The first-order valence-electron chi connectivity index (χ1n) is 10.3. The number of fused-ring (bicyclic) bond motifs is 3. The van der Waals surface area contributed by atoms with Crippen LogP contribution in [0.4, 0.5) is 0 Å². The van der Waals surface area contributed by atoms with Crippen molar-refractivity contribution >= 4 is 27.5 Å². The van der Waals surface area contributed by atoms with E-state index in [9.17, 15) is 9.59 Å². The Labute approximate surface area is 179 Å². The highest BCUT2D eigenvalue weighted by molar-refractivity contribution is 7.18. The number of rotatable bonds is 6. The Morgan fingerprint density at radius 1 is 1.23 bits per heavy atom. The van der Waals surface area contributed by atoms with Gasteiger partial charge in [0, 0.05) is 4.88 Å². The number of amides is 1. The number of nitrogens with one attached hydrogen (secondary N) is 1. The molecule has 158 valence electrons. The highest BCUT2D eigenvalue weighted by Gasteiger charge is 2.21. The van der Waals surface area contributed by atoms with Gasteiger partial charge in [-0.15, -0.1) is 11.3 Å². The van der Waals surface area contributed by atoms with Gasteiger partial charge >= 0.3 is 0 Å². The second kappa shape index (κ2) is 8.22. The Morgan fingerprint density at radius 3 is 2.73 bits per heavy atom. The lowest BCUT2D eigenvalue weighted by atomic mass is 9.87. The molecule has 0 radical (unpaired) electrons. The average Bonchev–Trinajstić information content (AvgIpc) is 3.28. The lowest BCUT2D eigenvalue weighted by Gasteiger charge is -2.19. The first-order chi connectivity index (χ1) is 14.3. The quantitative estimate of drug-likeness (QED) is 0.614. The summed E-state index contributed by atoms with van der Waals surface area (Å²) < 4.78 is 7.10. The molecule has 3 aromatic rings. The van der Waals surface area contributed by atoms with Crippen molar-refractivity contribution in [3.05, 3.63) is 57.0 Å². The molecule has 0 aliphatic heterocycles. The summed E-state index contributed by atoms with van der Waals surface area (Å²) in [6.07, 6.45) is 4.51. The molecule has 0 saturated carbocycles. The predicted octanol–water partition coefficient (Wildman–Crippen LogP) is 3.44. The third-order valence-electron chi connectivity index (χ3n) is 5.42. The fraction of sp³-hybridized carbons (Fsp3) is 0.435. The number of carbonyl (C=O) groups is 1. The van der Waals surface area contributed by atoms with Crippen LogP contribution < -0.4 is 15.6 Å². The molecule has 30 heavy (non-hydrogen) atoms. The summed E-state index contributed by atoms with van der Waals surface area (Å²) >= 11 is 1.60. The van der Waals surface area contributed by atoms with Crippen LogP contribution in [0.5, 0.6) is 5.75 Å². The Kier molecular flexibility index (Phi) is 5.64. The summed E-state index contributed by atoms with van der Waals surface area (Å²) in [5.41, 5.74) is 2.36. The molecule has 4 rings (SSSR count). The standard InChI is InChI=1S/C23H27N3O3S/c1-23(2,3)15-7-9-16(10-8-15)29-12-11-24-19(27)13-26-14-25-21-20(22(26)28)17-5-4-6-18(17)30-21/h7-10,14H,4-6,11-13H2,1-3H3,(H,24,27). The maximum Gasteiger partial charge on any atom is 0.262 e. The molecule has 0 spiro atoms. The van der Waals surface area contributed by atoms with Crippen molar-refractivity contribution in [2.24, 2.45) is 0 Å². The van der Waals surface area contributed by atoms with Crippen molar-refractivity contribution in [3.8, 4) is 5.75 Å². The van der Waals surface area contributed by atoms with Crippen molar-refractivity contribution in [3.63, 3.8) is 0 Å². The molecule has 0 unspecified atom stereocenters. The van der Waals surface area contributed by atoms with Gasteiger partial charge in [0.1, 0.15) is 23.7 Å². The molecule has 0 atom stereocenters. The summed E-state index contributed by atoms with van der Waals surface area (Å²) in [5, 5.41) is 3.51. The van der Waals surface area contributed by atoms with E-state index in [2.05, 4.69) is 43.2 Å². The number of hydrogen-bond acceptors (Lipinski definition) is 5. The number of ether oxygens (including phenoxy) is 1. The van der Waals surface area contributed by atoms with Crippen LogP contribution in [0.2, 0.25) is 0 Å². The molecular formula is C23H27N3O3S. The number of aryl methyl sites for hydroxylation is 2. The van der Waals surface area contributed by atoms with Crippen LogP contribution in [0.15, 0.2) is 35.4 Å². The number of nitrogens with zero attached hydrogens (tertiary/aromatic N) is 2. The zero-order valence-electron chi connectivity index (χ0n) is 17.7. The smallest absolute Gasteiger partial charge is 0.262 e. The van der Waals surface area contributed by atoms with E-state index >= 15 is 0 Å². The number of thiophene rings is 1. The van der Waals surface area contributed by atoms with Gasteiger partial charge in [-0.2, -0.15) is 0 Å². The van der Waals surface area contributed by atoms with E-state index in [1.165, 1.54) is 21.3 Å². The maximum atomic E-state index is 12.8. The van der Waals surface area contributed by atoms with E-state index in [4.69, 9.17) is 4.74 Å². The fourth-order valence-corrected chi connectivity index (χ4v) is 4.97. The fourth-order valence-electron chi connectivity index (χ4n) is 3.75. The van der Waals surface area contributed by atoms with E-state index in [-0.39, 0.29) is 23.4 Å². The second-order valence-electron chi connectivity index (χ2n) is 8.69. The number of carbonyl (C=O) groups excluding carboxylic acids is 1. The van der Waals surface area contributed by atoms with Crippen LogP contribution in [-0.4, -0.2) is 28.6 Å². The Bertz CT molecular complexity index is 1120. The first kappa shape index (κ1) is 20.6. The largest absolute Gasteiger partial charge is 0.492 e. The minimum atomic E-state index is -0.225. The summed E-state index contributed by atoms with van der Waals surface area (Å²) in [6, 6.07) is 8.01. The zero-order valence-corrected chi connectivity index (χ0v) is 18.5. The monoisotopic (exact) mass is 425 g/mol. The third-order valence-corrected chi connectivity index (χ3v) is 6.62. The third kappa shape index (κ3) is 4.26. The maximum absolute atomic E-state index is 12.8. The van der Waals surface area contributed by atoms with Crippen molar-refractivity contribution in [1.29, 1.82) is 0 Å². The lowest BCUT2D eigenvalue weighted by Crippen LogP contribution is -2.34. The van der Waals surface area contributed by atoms with E-state index in [0.29, 0.717) is 18.5 Å². The van der Waals surface area contributed by atoms with Gasteiger partial charge in [-0.3, -0.25) is 14.2 Å². The van der Waals surface area contributed by atoms with Crippen molar-refractivity contribution in [2.75, 3.05) is 13.2 Å². The van der Waals surface area contributed by atoms with Crippen LogP contribution in [0.3, 0.4) is 0 Å². The molecule has 2 heterocycles. The molecule has 6 nitrogen and oxygen atoms in total. The van der Waals surface area contributed by atoms with Crippen LogP contribution in [0.25, 0.3) is 10.2 Å². The normalized spacial score (nSPS) is 13.4. The molecule has 1 N–H and O–H groups in total. The van der Waals surface area contributed by atoms with E-state index < -0.39 is 0 Å². The van der Waals surface area contributed by atoms with Gasteiger partial charge in [0.25, 0.3) is 5.56 Å². The van der Waals surface area contributed by atoms with Gasteiger partial charge in [-0.05, 0) is 47.9 Å². The molecule has 1 amide bonds. The van der Waals surface area contributed by atoms with Gasteiger partial charge in [0.15, 0.2) is 0 Å². The molecule has 7 heteroatoms. The Morgan fingerprint density at radius 2 is 2.00 bits per heavy atom. The minimum Gasteiger partial charge on any atom is -0.492 e. The van der Waals surface area contributed by atoms with E-state index in [0.717, 1.165) is 35.4 Å². The average molecular weight is 426 g/mol. The summed E-state index contributed by atoms with van der Waals surface area (Å²) in [6.45, 7) is 7.21. The number of aromatic nitrogens is 2. The molecule has 0 saturated heterocycles. The van der Waals surface area contributed by atoms with Crippen LogP contribution in [0, 0.1) is 0 Å². The van der Waals surface area contributed by atoms with Crippen LogP contribution >= 0.6 is 11.3 Å². The summed E-state index contributed by atoms with van der Waals surface area (Å²) in [5.74, 6) is 0.547. The van der Waals surface area contributed by atoms with Crippen molar-refractivity contribution in [2.45, 2.75) is 52.0 Å². The van der Waals surface area contributed by atoms with Crippen molar-refractivity contribution in [1.82, 2.24) is 14.9 Å². The van der Waals surface area contributed by atoms with Crippen LogP contribution in [-0.2, 0) is 29.6 Å². The molecule has 1 aromatic carbocycles.